The van der Waals surface area contributed by atoms with Gasteiger partial charge in [0.05, 0.1) is 40.3 Å². The fourth-order valence-electron chi connectivity index (χ4n) is 6.86. The summed E-state index contributed by atoms with van der Waals surface area (Å²) in [6, 6.07) is 0. The Morgan fingerprint density at radius 3 is 1.29 bits per heavy atom. The number of rotatable bonds is 48. The second-order valence-corrected chi connectivity index (χ2v) is 18.8. The van der Waals surface area contributed by atoms with Crippen LogP contribution in [0.15, 0.2) is 109 Å². The zero-order valence-corrected chi connectivity index (χ0v) is 44.4. The molecule has 9 heteroatoms. The topological polar surface area (TPSA) is 111 Å². The monoisotopic (exact) mass is 962 g/mol. The Morgan fingerprint density at radius 2 is 0.855 bits per heavy atom. The Bertz CT molecular complexity index is 1490. The molecule has 0 spiro atoms. The van der Waals surface area contributed by atoms with Crippen LogP contribution in [0.3, 0.4) is 0 Å². The fourth-order valence-corrected chi connectivity index (χ4v) is 6.86. The molecule has 0 saturated heterocycles. The molecule has 2 atom stereocenters. The molecule has 0 rings (SSSR count). The molecule has 0 aliphatic rings. The maximum atomic E-state index is 12.8. The van der Waals surface area contributed by atoms with Crippen molar-refractivity contribution in [1.82, 2.24) is 0 Å². The lowest BCUT2D eigenvalue weighted by atomic mass is 10.1. The molecule has 0 aliphatic carbocycles. The maximum absolute atomic E-state index is 12.8. The quantitative estimate of drug-likeness (QED) is 0.0195. The van der Waals surface area contributed by atoms with Gasteiger partial charge in [-0.05, 0) is 89.9 Å². The Balaban J connectivity index is 4.41. The Hall–Kier alpha value is -4.05. The summed E-state index contributed by atoms with van der Waals surface area (Å²) in [6.45, 7) is 4.51. The lowest BCUT2D eigenvalue weighted by Crippen LogP contribution is -2.44. The number of carboxylic acids is 1. The van der Waals surface area contributed by atoms with Crippen LogP contribution in [0.1, 0.15) is 194 Å². The zero-order valence-electron chi connectivity index (χ0n) is 44.4. The van der Waals surface area contributed by atoms with E-state index in [0.717, 1.165) is 83.5 Å². The van der Waals surface area contributed by atoms with E-state index in [9.17, 15) is 19.5 Å². The highest BCUT2D eigenvalue weighted by atomic mass is 16.7. The molecule has 69 heavy (non-hydrogen) atoms. The van der Waals surface area contributed by atoms with E-state index < -0.39 is 24.3 Å². The van der Waals surface area contributed by atoms with Crippen LogP contribution in [0.5, 0.6) is 0 Å². The van der Waals surface area contributed by atoms with Gasteiger partial charge in [-0.25, -0.2) is 0 Å². The van der Waals surface area contributed by atoms with Gasteiger partial charge in [-0.1, -0.05) is 200 Å². The van der Waals surface area contributed by atoms with E-state index in [1.54, 1.807) is 0 Å². The van der Waals surface area contributed by atoms with Gasteiger partial charge < -0.3 is 33.3 Å². The highest BCUT2D eigenvalue weighted by Gasteiger charge is 2.21. The van der Waals surface area contributed by atoms with Crippen molar-refractivity contribution in [2.24, 2.45) is 0 Å². The third-order valence-electron chi connectivity index (χ3n) is 11.0. The van der Waals surface area contributed by atoms with Crippen molar-refractivity contribution in [1.29, 1.82) is 0 Å². The number of likely N-dealkylation sites (N-methyl/N-ethyl adjacent to an activating group) is 1. The summed E-state index contributed by atoms with van der Waals surface area (Å²) >= 11 is 0. The molecule has 9 nitrogen and oxygen atoms in total. The molecule has 0 bridgehead atoms. The van der Waals surface area contributed by atoms with Crippen LogP contribution in [0.25, 0.3) is 0 Å². The Kier molecular flexibility index (Phi) is 47.4. The molecule has 0 aromatic heterocycles. The minimum absolute atomic E-state index is 0.116. The molecule has 0 radical (unpaired) electrons. The number of aliphatic carboxylic acids is 1. The van der Waals surface area contributed by atoms with Gasteiger partial charge in [0.25, 0.3) is 0 Å². The van der Waals surface area contributed by atoms with Gasteiger partial charge in [0.1, 0.15) is 13.2 Å². The molecule has 0 saturated carbocycles. The minimum atomic E-state index is -1.65. The number of carbonyl (C=O) groups excluding carboxylic acids is 3. The molecule has 0 aromatic carbocycles. The van der Waals surface area contributed by atoms with Gasteiger partial charge in [0, 0.05) is 12.8 Å². The first kappa shape index (κ1) is 65.0. The predicted molar refractivity (Wildman–Crippen MR) is 287 cm³/mol. The van der Waals surface area contributed by atoms with Crippen LogP contribution in [-0.2, 0) is 33.3 Å². The van der Waals surface area contributed by atoms with Gasteiger partial charge in [-0.15, -0.1) is 0 Å². The first-order valence-electron chi connectivity index (χ1n) is 27.0. The van der Waals surface area contributed by atoms with E-state index in [2.05, 4.69) is 111 Å². The van der Waals surface area contributed by atoms with Crippen molar-refractivity contribution in [2.75, 3.05) is 47.5 Å². The number of unbranched alkanes of at least 4 members (excludes halogenated alkanes) is 15. The molecule has 0 N–H and O–H groups in total. The van der Waals surface area contributed by atoms with Gasteiger partial charge in [0.15, 0.2) is 12.4 Å². The lowest BCUT2D eigenvalue weighted by Gasteiger charge is -2.26. The third-order valence-corrected chi connectivity index (χ3v) is 11.0. The van der Waals surface area contributed by atoms with Crippen LogP contribution in [0.2, 0.25) is 0 Å². The molecule has 0 aliphatic heterocycles. The van der Waals surface area contributed by atoms with E-state index in [-0.39, 0.29) is 38.6 Å². The number of nitrogens with zero attached hydrogens (tertiary/aromatic N) is 1. The molecule has 0 heterocycles. The van der Waals surface area contributed by atoms with Gasteiger partial charge in [-0.2, -0.15) is 0 Å². The van der Waals surface area contributed by atoms with Gasteiger partial charge >= 0.3 is 11.9 Å². The molecule has 0 fully saturated rings. The van der Waals surface area contributed by atoms with Crippen molar-refractivity contribution >= 4 is 17.9 Å². The third kappa shape index (κ3) is 51.6. The van der Waals surface area contributed by atoms with Crippen LogP contribution < -0.4 is 5.11 Å². The SMILES string of the molecule is CC/C=C\C/C=C\C/C=C\C/C=C\C/C=C\C/C=C\CCC(=O)OC(COC(=O)CCCCCCCCCCCC/C=C\C/C=C\C/C=C\CCCCCCC)COC(OCC[N+](C)(C)C)C(=O)[O-]. The Labute approximate surface area is 422 Å². The predicted octanol–water partition coefficient (Wildman–Crippen LogP) is 14.2. The zero-order chi connectivity index (χ0) is 50.6. The summed E-state index contributed by atoms with van der Waals surface area (Å²) in [6.07, 6.45) is 65.7. The number of allylic oxidation sites excluding steroid dienone is 18. The fraction of sp³-hybridized carbons (Fsp3) is 0.650. The summed E-state index contributed by atoms with van der Waals surface area (Å²) in [5.41, 5.74) is 0. The number of quaternary nitrogens is 1. The standard InChI is InChI=1S/C60H99NO8/c1-6-8-10-12-14-16-18-20-22-24-26-27-28-29-30-31-33-34-36-38-40-42-44-46-48-50-57(62)67-54-56(55-68-60(59(64)65)66-53-52-61(3,4)5)69-58(63)51-49-47-45-43-41-39-37-35-32-25-23-21-19-17-15-13-11-9-7-2/h9,11,15,17-18,20-21,23-24,26,28-29,32,35,39,41,45,47,56,60H,6-8,10,12-14,16,19,22,25,27,30-31,33-34,36-38,40,42-44,46,48-55H2,1-5H3/b11-9-,17-15-,20-18-,23-21-,26-24-,29-28-,35-32-,41-39-,47-45-. The first-order valence-corrected chi connectivity index (χ1v) is 27.0. The molecule has 0 amide bonds. The molecule has 0 aromatic rings. The largest absolute Gasteiger partial charge is 0.545 e. The van der Waals surface area contributed by atoms with Gasteiger partial charge in [0.2, 0.25) is 0 Å². The van der Waals surface area contributed by atoms with Crippen molar-refractivity contribution in [3.63, 3.8) is 0 Å². The summed E-state index contributed by atoms with van der Waals surface area (Å²) in [5, 5.41) is 11.7. The maximum Gasteiger partial charge on any atom is 0.306 e. The number of carbonyl (C=O) groups is 3. The van der Waals surface area contributed by atoms with E-state index in [0.29, 0.717) is 17.4 Å². The lowest BCUT2D eigenvalue weighted by molar-refractivity contribution is -0.870. The molecule has 392 valence electrons. The summed E-state index contributed by atoms with van der Waals surface area (Å²) in [4.78, 5) is 37.2. The molecular weight excluding hydrogens is 863 g/mol. The van der Waals surface area contributed by atoms with E-state index in [4.69, 9.17) is 18.9 Å². The normalized spacial score (nSPS) is 13.7. The summed E-state index contributed by atoms with van der Waals surface area (Å²) in [5.74, 6) is -2.41. The molecular formula is C60H99NO8. The summed E-state index contributed by atoms with van der Waals surface area (Å²) in [7, 11) is 5.88. The van der Waals surface area contributed by atoms with Crippen LogP contribution in [-0.4, -0.2) is 82.3 Å². The van der Waals surface area contributed by atoms with Crippen LogP contribution in [0, 0.1) is 0 Å². The van der Waals surface area contributed by atoms with Crippen molar-refractivity contribution in [3.05, 3.63) is 109 Å². The van der Waals surface area contributed by atoms with Crippen molar-refractivity contribution < 1.29 is 42.9 Å². The highest BCUT2D eigenvalue weighted by Crippen LogP contribution is 2.14. The van der Waals surface area contributed by atoms with Crippen molar-refractivity contribution in [2.45, 2.75) is 206 Å². The Morgan fingerprint density at radius 1 is 0.449 bits per heavy atom. The van der Waals surface area contributed by atoms with Gasteiger partial charge in [-0.3, -0.25) is 9.59 Å². The first-order chi connectivity index (χ1) is 33.6. The van der Waals surface area contributed by atoms with E-state index in [1.165, 1.54) is 77.0 Å². The smallest absolute Gasteiger partial charge is 0.306 e. The number of esters is 2. The number of ether oxygens (including phenoxy) is 4. The van der Waals surface area contributed by atoms with Crippen LogP contribution >= 0.6 is 0 Å². The molecule has 2 unspecified atom stereocenters. The van der Waals surface area contributed by atoms with E-state index in [1.807, 2.05) is 33.3 Å². The number of hydrogen-bond donors (Lipinski definition) is 0. The number of hydrogen-bond acceptors (Lipinski definition) is 8. The number of carboxylic acid groups (broad SMARTS) is 1. The second kappa shape index (κ2) is 50.3. The highest BCUT2D eigenvalue weighted by molar-refractivity contribution is 5.70. The van der Waals surface area contributed by atoms with Crippen LogP contribution in [0.4, 0.5) is 0 Å². The second-order valence-electron chi connectivity index (χ2n) is 18.8. The van der Waals surface area contributed by atoms with E-state index >= 15 is 0 Å². The average molecular weight is 962 g/mol. The summed E-state index contributed by atoms with van der Waals surface area (Å²) < 4.78 is 22.5. The van der Waals surface area contributed by atoms with Crippen molar-refractivity contribution in [3.8, 4) is 0 Å². The average Bonchev–Trinajstić information content (AvgIpc) is 3.31. The minimum Gasteiger partial charge on any atom is -0.545 e.